The Bertz CT molecular complexity index is 1180. The van der Waals surface area contributed by atoms with Gasteiger partial charge in [0.2, 0.25) is 0 Å². The van der Waals surface area contributed by atoms with Gasteiger partial charge in [-0.3, -0.25) is 4.79 Å². The third-order valence-corrected chi connectivity index (χ3v) is 8.24. The summed E-state index contributed by atoms with van der Waals surface area (Å²) in [5, 5.41) is 10.8. The number of fused-ring (bicyclic) bond motifs is 1. The molecule has 0 radical (unpaired) electrons. The normalized spacial score (nSPS) is 21.1. The summed E-state index contributed by atoms with van der Waals surface area (Å²) < 4.78 is 7.80. The van der Waals surface area contributed by atoms with E-state index in [1.165, 1.54) is 32.1 Å². The highest BCUT2D eigenvalue weighted by molar-refractivity contribution is 6.45. The maximum absolute atomic E-state index is 10.9. The van der Waals surface area contributed by atoms with Crippen molar-refractivity contribution >= 4 is 45.9 Å². The van der Waals surface area contributed by atoms with Crippen LogP contribution in [0.3, 0.4) is 0 Å². The molecule has 2 aliphatic rings. The average Bonchev–Trinajstić information content (AvgIpc) is 3.55. The summed E-state index contributed by atoms with van der Waals surface area (Å²) in [4.78, 5) is 22.5. The van der Waals surface area contributed by atoms with Crippen LogP contribution in [-0.4, -0.2) is 51.4 Å². The summed E-state index contributed by atoms with van der Waals surface area (Å²) in [5.74, 6) is 1.26. The van der Waals surface area contributed by atoms with E-state index in [0.29, 0.717) is 34.0 Å². The number of pyridine rings is 1. The Kier molecular flexibility index (Phi) is 7.46. The van der Waals surface area contributed by atoms with E-state index in [0.717, 1.165) is 29.9 Å². The Hall–Kier alpha value is -2.35. The molecular formula is C26H30Cl2N4O3. The van der Waals surface area contributed by atoms with Gasteiger partial charge in [-0.1, -0.05) is 55.3 Å². The smallest absolute Gasteiger partial charge is 0.305 e. The number of carboxylic acids is 1. The number of anilines is 1. The summed E-state index contributed by atoms with van der Waals surface area (Å²) >= 11 is 13.0. The molecule has 0 unspecified atom stereocenters. The van der Waals surface area contributed by atoms with Gasteiger partial charge in [0.1, 0.15) is 5.82 Å². The fourth-order valence-electron chi connectivity index (χ4n) is 5.68. The van der Waals surface area contributed by atoms with E-state index >= 15 is 0 Å². The minimum atomic E-state index is -0.846. The van der Waals surface area contributed by atoms with Crippen LogP contribution in [0.15, 0.2) is 36.9 Å². The first kappa shape index (κ1) is 24.3. The minimum absolute atomic E-state index is 0.00584. The van der Waals surface area contributed by atoms with Gasteiger partial charge in [0.25, 0.3) is 0 Å². The van der Waals surface area contributed by atoms with Gasteiger partial charge in [0, 0.05) is 30.4 Å². The summed E-state index contributed by atoms with van der Waals surface area (Å²) in [6.45, 7) is 1.58. The van der Waals surface area contributed by atoms with Crippen molar-refractivity contribution in [1.29, 1.82) is 0 Å². The number of hydrogen-bond donors (Lipinski definition) is 1. The van der Waals surface area contributed by atoms with E-state index in [-0.39, 0.29) is 19.1 Å². The zero-order valence-electron chi connectivity index (χ0n) is 19.6. The molecule has 1 N–H and O–H groups in total. The van der Waals surface area contributed by atoms with Gasteiger partial charge in [-0.05, 0) is 30.4 Å². The summed E-state index contributed by atoms with van der Waals surface area (Å²) in [6, 6.07) is 5.94. The average molecular weight is 517 g/mol. The molecule has 2 atom stereocenters. The Morgan fingerprint density at radius 2 is 2.00 bits per heavy atom. The number of aliphatic carboxylic acids is 1. The number of imidazole rings is 1. The number of ether oxygens (including phenoxy) is 1. The second-order valence-electron chi connectivity index (χ2n) is 9.65. The summed E-state index contributed by atoms with van der Waals surface area (Å²) in [7, 11) is 0. The van der Waals surface area contributed by atoms with Crippen LogP contribution in [0.5, 0.6) is 0 Å². The zero-order valence-corrected chi connectivity index (χ0v) is 21.1. The van der Waals surface area contributed by atoms with Crippen molar-refractivity contribution < 1.29 is 14.6 Å². The van der Waals surface area contributed by atoms with Gasteiger partial charge in [-0.15, -0.1) is 0 Å². The fraction of sp³-hybridized carbons (Fsp3) is 0.500. The van der Waals surface area contributed by atoms with E-state index in [1.54, 1.807) is 18.6 Å². The van der Waals surface area contributed by atoms with Crippen LogP contribution in [0, 0.1) is 11.8 Å². The molecule has 1 aliphatic carbocycles. The second kappa shape index (κ2) is 10.7. The molecule has 9 heteroatoms. The SMILES string of the molecule is O=C(O)CCOC[C@@H]1C[C@@H](C2CCCCC2)CN1c1cc(-n2ccnc2)c2ccc(Cl)c(Cl)c2n1. The van der Waals surface area contributed by atoms with Gasteiger partial charge in [0.15, 0.2) is 0 Å². The Morgan fingerprint density at radius 1 is 1.17 bits per heavy atom. The molecule has 2 fully saturated rings. The van der Waals surface area contributed by atoms with Crippen LogP contribution in [-0.2, 0) is 9.53 Å². The molecule has 2 aromatic heterocycles. The molecule has 186 valence electrons. The van der Waals surface area contributed by atoms with Gasteiger partial charge in [-0.25, -0.2) is 9.97 Å². The van der Waals surface area contributed by atoms with Crippen molar-refractivity contribution in [3.63, 3.8) is 0 Å². The first-order valence-electron chi connectivity index (χ1n) is 12.3. The Balaban J connectivity index is 1.51. The number of nitrogens with zero attached hydrogens (tertiary/aromatic N) is 4. The maximum Gasteiger partial charge on any atom is 0.305 e. The third kappa shape index (κ3) is 5.27. The number of benzene rings is 1. The van der Waals surface area contributed by atoms with Crippen molar-refractivity contribution in [3.05, 3.63) is 47.0 Å². The van der Waals surface area contributed by atoms with Gasteiger partial charge < -0.3 is 19.3 Å². The summed E-state index contributed by atoms with van der Waals surface area (Å²) in [5.41, 5.74) is 1.60. The highest BCUT2D eigenvalue weighted by Crippen LogP contribution is 2.41. The van der Waals surface area contributed by atoms with Crippen LogP contribution in [0.25, 0.3) is 16.6 Å². The predicted octanol–water partition coefficient (Wildman–Crippen LogP) is 5.99. The molecule has 35 heavy (non-hydrogen) atoms. The zero-order chi connectivity index (χ0) is 24.4. The lowest BCUT2D eigenvalue weighted by atomic mass is 9.79. The number of carboxylic acid groups (broad SMARTS) is 1. The van der Waals surface area contributed by atoms with E-state index in [9.17, 15) is 4.79 Å². The molecule has 0 amide bonds. The lowest BCUT2D eigenvalue weighted by molar-refractivity contribution is -0.138. The van der Waals surface area contributed by atoms with Crippen LogP contribution < -0.4 is 4.90 Å². The monoisotopic (exact) mass is 516 g/mol. The molecule has 3 heterocycles. The van der Waals surface area contributed by atoms with Crippen LogP contribution in [0.2, 0.25) is 10.0 Å². The first-order chi connectivity index (χ1) is 17.0. The molecule has 1 saturated heterocycles. The second-order valence-corrected chi connectivity index (χ2v) is 10.4. The molecular weight excluding hydrogens is 487 g/mol. The number of halogens is 2. The van der Waals surface area contributed by atoms with Crippen LogP contribution in [0.1, 0.15) is 44.9 Å². The molecule has 0 spiro atoms. The molecule has 7 nitrogen and oxygen atoms in total. The molecule has 1 aromatic carbocycles. The van der Waals surface area contributed by atoms with Crippen LogP contribution >= 0.6 is 23.2 Å². The number of carbonyl (C=O) groups is 1. The highest BCUT2D eigenvalue weighted by atomic mass is 35.5. The van der Waals surface area contributed by atoms with Gasteiger partial charge >= 0.3 is 5.97 Å². The Morgan fingerprint density at radius 3 is 2.74 bits per heavy atom. The van der Waals surface area contributed by atoms with E-state index in [4.69, 9.17) is 38.0 Å². The standard InChI is InChI=1S/C26H30Cl2N4O3/c27-21-7-6-20-22(31-10-9-29-16-31)13-23(30-26(20)25(21)28)32-14-18(17-4-2-1-3-5-17)12-19(32)15-35-11-8-24(33)34/h6-7,9-10,13,16-19H,1-5,8,11-12,14-15H2,(H,33,34)/t18-,19+/m1/s1. The quantitative estimate of drug-likeness (QED) is 0.370. The molecule has 0 bridgehead atoms. The lowest BCUT2D eigenvalue weighted by Crippen LogP contribution is -2.34. The van der Waals surface area contributed by atoms with Crippen LogP contribution in [0.4, 0.5) is 5.82 Å². The molecule has 5 rings (SSSR count). The van der Waals surface area contributed by atoms with E-state index in [1.807, 2.05) is 16.8 Å². The van der Waals surface area contributed by atoms with Crippen molar-refractivity contribution in [2.24, 2.45) is 11.8 Å². The maximum atomic E-state index is 10.9. The molecule has 1 aliphatic heterocycles. The topological polar surface area (TPSA) is 80.5 Å². The van der Waals surface area contributed by atoms with Gasteiger partial charge in [0.05, 0.1) is 53.3 Å². The van der Waals surface area contributed by atoms with E-state index < -0.39 is 5.97 Å². The van der Waals surface area contributed by atoms with Crippen molar-refractivity contribution in [1.82, 2.24) is 14.5 Å². The molecule has 3 aromatic rings. The van der Waals surface area contributed by atoms with Crippen molar-refractivity contribution in [3.8, 4) is 5.69 Å². The largest absolute Gasteiger partial charge is 0.481 e. The highest BCUT2D eigenvalue weighted by Gasteiger charge is 2.38. The van der Waals surface area contributed by atoms with Gasteiger partial charge in [-0.2, -0.15) is 0 Å². The predicted molar refractivity (Wildman–Crippen MR) is 138 cm³/mol. The van der Waals surface area contributed by atoms with Crippen molar-refractivity contribution in [2.75, 3.05) is 24.7 Å². The lowest BCUT2D eigenvalue weighted by Gasteiger charge is -2.28. The first-order valence-corrected chi connectivity index (χ1v) is 13.1. The minimum Gasteiger partial charge on any atom is -0.481 e. The Labute approximate surface area is 215 Å². The molecule has 1 saturated carbocycles. The van der Waals surface area contributed by atoms with Crippen molar-refractivity contribution in [2.45, 2.75) is 51.0 Å². The summed E-state index contributed by atoms with van der Waals surface area (Å²) in [6.07, 6.45) is 12.9. The van der Waals surface area contributed by atoms with E-state index in [2.05, 4.69) is 16.0 Å². The third-order valence-electron chi connectivity index (χ3n) is 7.45. The number of rotatable bonds is 8. The fourth-order valence-corrected chi connectivity index (χ4v) is 6.04. The number of aromatic nitrogens is 3. The number of hydrogen-bond acceptors (Lipinski definition) is 5.